The normalized spacial score (nSPS) is 15.2. The Morgan fingerprint density at radius 2 is 1.71 bits per heavy atom. The largest absolute Gasteiger partial charge is 0.497 e. The summed E-state index contributed by atoms with van der Waals surface area (Å²) >= 11 is 0. The number of anilines is 1. The highest BCUT2D eigenvalue weighted by molar-refractivity contribution is 6.35. The summed E-state index contributed by atoms with van der Waals surface area (Å²) < 4.78 is 5.26. The number of hydrogen-bond donors (Lipinski definition) is 0. The molecular formula is C21H17NO2. The van der Waals surface area contributed by atoms with Crippen LogP contribution in [0.5, 0.6) is 5.75 Å². The van der Waals surface area contributed by atoms with E-state index in [1.54, 1.807) is 12.0 Å². The Hall–Kier alpha value is -3.07. The third-order valence-electron chi connectivity index (χ3n) is 4.47. The molecule has 3 aromatic carbocycles. The number of nitrogens with zero attached hydrogens (tertiary/aromatic N) is 1. The fourth-order valence-electron chi connectivity index (χ4n) is 3.16. The predicted molar refractivity (Wildman–Crippen MR) is 98.2 cm³/mol. The van der Waals surface area contributed by atoms with Crippen LogP contribution in [0.4, 0.5) is 5.69 Å². The molecule has 1 heterocycles. The number of likely N-dealkylation sites (N-methyl/N-ethyl adjacent to an activating group) is 1. The van der Waals surface area contributed by atoms with Crippen molar-refractivity contribution < 1.29 is 9.53 Å². The van der Waals surface area contributed by atoms with Crippen molar-refractivity contribution in [3.63, 3.8) is 0 Å². The first-order valence-electron chi connectivity index (χ1n) is 7.84. The molecule has 0 N–H and O–H groups in total. The second-order valence-electron chi connectivity index (χ2n) is 5.91. The zero-order valence-electron chi connectivity index (χ0n) is 13.6. The maximum absolute atomic E-state index is 12.6. The number of rotatable bonds is 2. The van der Waals surface area contributed by atoms with Gasteiger partial charge in [0.25, 0.3) is 5.91 Å². The summed E-state index contributed by atoms with van der Waals surface area (Å²) in [6.07, 6.45) is 1.97. The Kier molecular flexibility index (Phi) is 3.35. The van der Waals surface area contributed by atoms with Crippen LogP contribution in [0.1, 0.15) is 11.1 Å². The Labute approximate surface area is 140 Å². The Morgan fingerprint density at radius 3 is 2.54 bits per heavy atom. The SMILES string of the molecule is COc1ccc2cc(/C=C3/C(=O)N(C)c4ccccc43)ccc2c1. The van der Waals surface area contributed by atoms with Gasteiger partial charge in [0.15, 0.2) is 0 Å². The van der Waals surface area contributed by atoms with Crippen molar-refractivity contribution in [2.75, 3.05) is 19.1 Å². The molecule has 118 valence electrons. The smallest absolute Gasteiger partial charge is 0.258 e. The van der Waals surface area contributed by atoms with E-state index in [1.807, 2.05) is 61.7 Å². The molecular weight excluding hydrogens is 298 g/mol. The monoisotopic (exact) mass is 315 g/mol. The molecule has 3 nitrogen and oxygen atoms in total. The van der Waals surface area contributed by atoms with E-state index in [1.165, 1.54) is 0 Å². The minimum Gasteiger partial charge on any atom is -0.497 e. The van der Waals surface area contributed by atoms with E-state index in [0.717, 1.165) is 38.9 Å². The van der Waals surface area contributed by atoms with Gasteiger partial charge in [-0.05, 0) is 46.7 Å². The molecule has 0 saturated carbocycles. The van der Waals surface area contributed by atoms with Crippen LogP contribution in [0, 0.1) is 0 Å². The van der Waals surface area contributed by atoms with Crippen LogP contribution in [-0.4, -0.2) is 20.1 Å². The van der Waals surface area contributed by atoms with Gasteiger partial charge in [-0.2, -0.15) is 0 Å². The lowest BCUT2D eigenvalue weighted by atomic mass is 10.0. The molecule has 0 fully saturated rings. The number of amides is 1. The molecule has 3 aromatic rings. The summed E-state index contributed by atoms with van der Waals surface area (Å²) in [7, 11) is 3.48. The molecule has 0 aliphatic carbocycles. The second kappa shape index (κ2) is 5.53. The zero-order chi connectivity index (χ0) is 16.7. The molecule has 0 aromatic heterocycles. The van der Waals surface area contributed by atoms with E-state index >= 15 is 0 Å². The Balaban J connectivity index is 1.81. The van der Waals surface area contributed by atoms with Gasteiger partial charge in [-0.25, -0.2) is 0 Å². The molecule has 4 rings (SSSR count). The highest BCUT2D eigenvalue weighted by atomic mass is 16.5. The van der Waals surface area contributed by atoms with Crippen molar-refractivity contribution in [2.24, 2.45) is 0 Å². The summed E-state index contributed by atoms with van der Waals surface area (Å²) in [6.45, 7) is 0. The summed E-state index contributed by atoms with van der Waals surface area (Å²) in [4.78, 5) is 14.3. The lowest BCUT2D eigenvalue weighted by Gasteiger charge is -2.08. The number of carbonyl (C=O) groups excluding carboxylic acids is 1. The number of carbonyl (C=O) groups is 1. The first-order chi connectivity index (χ1) is 11.7. The van der Waals surface area contributed by atoms with Gasteiger partial charge in [0.05, 0.1) is 12.8 Å². The van der Waals surface area contributed by atoms with Gasteiger partial charge in [0.1, 0.15) is 5.75 Å². The third kappa shape index (κ3) is 2.26. The number of para-hydroxylation sites is 1. The highest BCUT2D eigenvalue weighted by Crippen LogP contribution is 2.36. The summed E-state index contributed by atoms with van der Waals surface area (Å²) in [5.74, 6) is 0.876. The minimum atomic E-state index is 0.0334. The highest BCUT2D eigenvalue weighted by Gasteiger charge is 2.28. The summed E-state index contributed by atoms with van der Waals surface area (Å²) in [5.41, 5.74) is 3.70. The van der Waals surface area contributed by atoms with Crippen molar-refractivity contribution in [1.82, 2.24) is 0 Å². The number of fused-ring (bicyclic) bond motifs is 2. The lowest BCUT2D eigenvalue weighted by Crippen LogP contribution is -2.20. The lowest BCUT2D eigenvalue weighted by molar-refractivity contribution is -0.112. The molecule has 1 aliphatic heterocycles. The molecule has 0 saturated heterocycles. The van der Waals surface area contributed by atoms with Crippen molar-refractivity contribution in [3.8, 4) is 5.75 Å². The maximum atomic E-state index is 12.6. The van der Waals surface area contributed by atoms with Gasteiger partial charge in [-0.1, -0.05) is 36.4 Å². The number of ether oxygens (including phenoxy) is 1. The quantitative estimate of drug-likeness (QED) is 0.657. The van der Waals surface area contributed by atoms with Crippen molar-refractivity contribution in [3.05, 3.63) is 71.8 Å². The Bertz CT molecular complexity index is 988. The van der Waals surface area contributed by atoms with Crippen LogP contribution < -0.4 is 9.64 Å². The van der Waals surface area contributed by atoms with Crippen LogP contribution in [0.15, 0.2) is 60.7 Å². The van der Waals surface area contributed by atoms with Gasteiger partial charge in [-0.3, -0.25) is 4.79 Å². The van der Waals surface area contributed by atoms with E-state index < -0.39 is 0 Å². The van der Waals surface area contributed by atoms with Gasteiger partial charge in [-0.15, -0.1) is 0 Å². The zero-order valence-corrected chi connectivity index (χ0v) is 13.6. The number of hydrogen-bond acceptors (Lipinski definition) is 2. The molecule has 0 unspecified atom stereocenters. The summed E-state index contributed by atoms with van der Waals surface area (Å²) in [6, 6.07) is 20.1. The van der Waals surface area contributed by atoms with Crippen molar-refractivity contribution in [2.45, 2.75) is 0 Å². The number of benzene rings is 3. The molecule has 3 heteroatoms. The molecule has 0 bridgehead atoms. The van der Waals surface area contributed by atoms with Gasteiger partial charge >= 0.3 is 0 Å². The average molecular weight is 315 g/mol. The van der Waals surface area contributed by atoms with E-state index in [-0.39, 0.29) is 5.91 Å². The molecule has 0 atom stereocenters. The topological polar surface area (TPSA) is 29.5 Å². The fourth-order valence-corrected chi connectivity index (χ4v) is 3.16. The van der Waals surface area contributed by atoms with Crippen LogP contribution in [0.2, 0.25) is 0 Å². The van der Waals surface area contributed by atoms with Gasteiger partial charge in [0, 0.05) is 18.2 Å². The van der Waals surface area contributed by atoms with Crippen LogP contribution in [0.3, 0.4) is 0 Å². The maximum Gasteiger partial charge on any atom is 0.258 e. The average Bonchev–Trinajstić information content (AvgIpc) is 2.86. The van der Waals surface area contributed by atoms with Crippen molar-refractivity contribution >= 4 is 34.0 Å². The molecule has 1 amide bonds. The predicted octanol–water partition coefficient (Wildman–Crippen LogP) is 4.37. The first kappa shape index (κ1) is 14.5. The fraction of sp³-hybridized carbons (Fsp3) is 0.0952. The molecule has 0 radical (unpaired) electrons. The van der Waals surface area contributed by atoms with Gasteiger partial charge < -0.3 is 9.64 Å². The number of methoxy groups -OCH3 is 1. The summed E-state index contributed by atoms with van der Waals surface area (Å²) in [5, 5.41) is 2.24. The third-order valence-corrected chi connectivity index (χ3v) is 4.47. The van der Waals surface area contributed by atoms with Crippen molar-refractivity contribution in [1.29, 1.82) is 0 Å². The first-order valence-corrected chi connectivity index (χ1v) is 7.84. The van der Waals surface area contributed by atoms with E-state index in [9.17, 15) is 4.79 Å². The minimum absolute atomic E-state index is 0.0334. The molecule has 1 aliphatic rings. The van der Waals surface area contributed by atoms with E-state index in [4.69, 9.17) is 4.74 Å². The van der Waals surface area contributed by atoms with E-state index in [2.05, 4.69) is 12.1 Å². The molecule has 0 spiro atoms. The van der Waals surface area contributed by atoms with Crippen LogP contribution in [0.25, 0.3) is 22.4 Å². The Morgan fingerprint density at radius 1 is 0.958 bits per heavy atom. The standard InChI is InChI=1S/C21H17NO2/c1-22-20-6-4-3-5-18(20)19(21(22)23)12-14-7-8-16-13-17(24-2)10-9-15(16)11-14/h3-13H,1-2H3/b19-12+. The molecule has 24 heavy (non-hydrogen) atoms. The van der Waals surface area contributed by atoms with E-state index in [0.29, 0.717) is 0 Å². The second-order valence-corrected chi connectivity index (χ2v) is 5.91. The van der Waals surface area contributed by atoms with Crippen LogP contribution >= 0.6 is 0 Å². The van der Waals surface area contributed by atoms with Crippen LogP contribution in [-0.2, 0) is 4.79 Å². The van der Waals surface area contributed by atoms with Gasteiger partial charge in [0.2, 0.25) is 0 Å².